The van der Waals surface area contributed by atoms with Crippen molar-refractivity contribution in [3.8, 4) is 0 Å². The molecule has 2 heterocycles. The highest BCUT2D eigenvalue weighted by atomic mass is 15.3. The van der Waals surface area contributed by atoms with Gasteiger partial charge in [-0.3, -0.25) is 0 Å². The number of nitrogens with zero attached hydrogens (tertiary/aromatic N) is 3. The number of hydrogen-bond acceptors (Lipinski definition) is 2. The van der Waals surface area contributed by atoms with Crippen molar-refractivity contribution < 1.29 is 0 Å². The van der Waals surface area contributed by atoms with Gasteiger partial charge < -0.3 is 4.98 Å². The molecule has 0 spiro atoms. The summed E-state index contributed by atoms with van der Waals surface area (Å²) in [5.74, 6) is 0. The molecule has 0 bridgehead atoms. The largest absolute Gasteiger partial charge is 0.342 e. The third-order valence-electron chi connectivity index (χ3n) is 1.67. The summed E-state index contributed by atoms with van der Waals surface area (Å²) in [5, 5.41) is 4.18. The Morgan fingerprint density at radius 2 is 2.36 bits per heavy atom. The highest BCUT2D eigenvalue weighted by Crippen LogP contribution is 2.12. The average molecular weight is 150 g/mol. The maximum absolute atomic E-state index is 4.18. The molecule has 0 aliphatic heterocycles. The predicted octanol–water partition coefficient (Wildman–Crippen LogP) is 1.34. The van der Waals surface area contributed by atoms with E-state index in [1.807, 2.05) is 4.68 Å². The number of imidazole rings is 1. The van der Waals surface area contributed by atoms with E-state index in [1.165, 1.54) is 0 Å². The fourth-order valence-electron chi connectivity index (χ4n) is 1.13. The van der Waals surface area contributed by atoms with Gasteiger partial charge in [-0.15, -0.1) is 0 Å². The lowest BCUT2D eigenvalue weighted by molar-refractivity contribution is 0.546. The second-order valence-corrected chi connectivity index (χ2v) is 2.82. The van der Waals surface area contributed by atoms with Crippen molar-refractivity contribution >= 4 is 11.2 Å². The Bertz CT molecular complexity index is 357. The topological polar surface area (TPSA) is 46.5 Å². The lowest BCUT2D eigenvalue weighted by atomic mass is 10.4. The minimum Gasteiger partial charge on any atom is -0.342 e. The Balaban J connectivity index is 2.68. The van der Waals surface area contributed by atoms with Crippen molar-refractivity contribution in [1.82, 2.24) is 19.7 Å². The Kier molecular flexibility index (Phi) is 1.21. The van der Waals surface area contributed by atoms with Gasteiger partial charge in [-0.05, 0) is 13.8 Å². The molecule has 2 aromatic heterocycles. The minimum atomic E-state index is 0.371. The summed E-state index contributed by atoms with van der Waals surface area (Å²) < 4.78 is 1.89. The van der Waals surface area contributed by atoms with Crippen LogP contribution in [0.1, 0.15) is 19.9 Å². The zero-order valence-electron chi connectivity index (χ0n) is 6.57. The van der Waals surface area contributed by atoms with Crippen LogP contribution in [0, 0.1) is 0 Å². The molecule has 0 aliphatic carbocycles. The third kappa shape index (κ3) is 0.824. The van der Waals surface area contributed by atoms with Crippen molar-refractivity contribution in [2.75, 3.05) is 0 Å². The molecule has 0 amide bonds. The van der Waals surface area contributed by atoms with Gasteiger partial charge in [0.2, 0.25) is 0 Å². The fourth-order valence-corrected chi connectivity index (χ4v) is 1.13. The second kappa shape index (κ2) is 2.08. The van der Waals surface area contributed by atoms with E-state index >= 15 is 0 Å². The van der Waals surface area contributed by atoms with E-state index in [-0.39, 0.29) is 0 Å². The lowest BCUT2D eigenvalue weighted by Gasteiger charge is -2.03. The molecule has 0 unspecified atom stereocenters. The third-order valence-corrected chi connectivity index (χ3v) is 1.67. The smallest absolute Gasteiger partial charge is 0.176 e. The van der Waals surface area contributed by atoms with Crippen LogP contribution in [-0.2, 0) is 0 Å². The molecule has 11 heavy (non-hydrogen) atoms. The van der Waals surface area contributed by atoms with Crippen molar-refractivity contribution in [2.24, 2.45) is 0 Å². The van der Waals surface area contributed by atoms with Crippen LogP contribution >= 0.6 is 0 Å². The summed E-state index contributed by atoms with van der Waals surface area (Å²) in [6, 6.07) is 0.371. The van der Waals surface area contributed by atoms with Crippen molar-refractivity contribution in [3.63, 3.8) is 0 Å². The van der Waals surface area contributed by atoms with Gasteiger partial charge in [-0.25, -0.2) is 9.67 Å². The highest BCUT2D eigenvalue weighted by Gasteiger charge is 2.06. The molecule has 58 valence electrons. The molecule has 0 saturated heterocycles. The Labute approximate surface area is 64.2 Å². The molecule has 2 aromatic rings. The second-order valence-electron chi connectivity index (χ2n) is 2.82. The molecular formula is C7H10N4. The molecule has 2 rings (SSSR count). The monoisotopic (exact) mass is 150 g/mol. The van der Waals surface area contributed by atoms with Crippen molar-refractivity contribution in [3.05, 3.63) is 12.5 Å². The molecule has 4 heteroatoms. The highest BCUT2D eigenvalue weighted by molar-refractivity contribution is 5.69. The van der Waals surface area contributed by atoms with E-state index < -0.39 is 0 Å². The molecule has 0 aromatic carbocycles. The minimum absolute atomic E-state index is 0.371. The summed E-state index contributed by atoms with van der Waals surface area (Å²) in [6.07, 6.45) is 3.48. The van der Waals surface area contributed by atoms with Gasteiger partial charge in [0.25, 0.3) is 0 Å². The number of fused-ring (bicyclic) bond motifs is 1. The van der Waals surface area contributed by atoms with E-state index in [4.69, 9.17) is 0 Å². The molecule has 4 nitrogen and oxygen atoms in total. The van der Waals surface area contributed by atoms with E-state index in [9.17, 15) is 0 Å². The lowest BCUT2D eigenvalue weighted by Crippen LogP contribution is -2.02. The average Bonchev–Trinajstić information content (AvgIpc) is 2.41. The molecule has 0 atom stereocenters. The summed E-state index contributed by atoms with van der Waals surface area (Å²) in [6.45, 7) is 4.17. The van der Waals surface area contributed by atoms with Crippen LogP contribution in [0.3, 0.4) is 0 Å². The van der Waals surface area contributed by atoms with E-state index in [0.29, 0.717) is 6.04 Å². The van der Waals surface area contributed by atoms with Crippen LogP contribution in [0.5, 0.6) is 0 Å². The quantitative estimate of drug-likeness (QED) is 0.666. The molecule has 0 aliphatic rings. The molecule has 1 N–H and O–H groups in total. The first-order chi connectivity index (χ1) is 5.29. The fraction of sp³-hybridized carbons (Fsp3) is 0.429. The van der Waals surface area contributed by atoms with E-state index in [1.54, 1.807) is 12.5 Å². The zero-order valence-corrected chi connectivity index (χ0v) is 6.57. The normalized spacial score (nSPS) is 11.5. The standard InChI is InChI=1S/C7H10N4/c1-5(2)11-7-6(3-10-11)8-4-9-7/h3-5H,1-2H3,(H,8,9). The van der Waals surface area contributed by atoms with Crippen LogP contribution in [0.15, 0.2) is 12.5 Å². The number of hydrogen-bond donors (Lipinski definition) is 1. The van der Waals surface area contributed by atoms with Crippen LogP contribution in [0.2, 0.25) is 0 Å². The summed E-state index contributed by atoms with van der Waals surface area (Å²) in [4.78, 5) is 7.15. The van der Waals surface area contributed by atoms with E-state index in [2.05, 4.69) is 28.9 Å². The van der Waals surface area contributed by atoms with Crippen molar-refractivity contribution in [1.29, 1.82) is 0 Å². The first-order valence-electron chi connectivity index (χ1n) is 3.65. The number of nitrogens with one attached hydrogen (secondary N) is 1. The van der Waals surface area contributed by atoms with Crippen LogP contribution in [0.25, 0.3) is 11.2 Å². The molecule has 0 fully saturated rings. The Morgan fingerprint density at radius 1 is 1.55 bits per heavy atom. The number of H-pyrrole nitrogens is 1. The predicted molar refractivity (Wildman–Crippen MR) is 42.3 cm³/mol. The van der Waals surface area contributed by atoms with Gasteiger partial charge in [0.15, 0.2) is 5.65 Å². The number of aromatic amines is 1. The summed E-state index contributed by atoms with van der Waals surface area (Å²) in [5.41, 5.74) is 1.93. The van der Waals surface area contributed by atoms with E-state index in [0.717, 1.165) is 11.2 Å². The van der Waals surface area contributed by atoms with Gasteiger partial charge in [-0.2, -0.15) is 5.10 Å². The molecule has 0 saturated carbocycles. The molecular weight excluding hydrogens is 140 g/mol. The first kappa shape index (κ1) is 6.39. The van der Waals surface area contributed by atoms with Gasteiger partial charge >= 0.3 is 0 Å². The summed E-state index contributed by atoms with van der Waals surface area (Å²) >= 11 is 0. The van der Waals surface area contributed by atoms with Gasteiger partial charge in [0.1, 0.15) is 5.52 Å². The van der Waals surface area contributed by atoms with Crippen LogP contribution in [-0.4, -0.2) is 19.7 Å². The molecule has 0 radical (unpaired) electrons. The summed E-state index contributed by atoms with van der Waals surface area (Å²) in [7, 11) is 0. The first-order valence-corrected chi connectivity index (χ1v) is 3.65. The Morgan fingerprint density at radius 3 is 3.09 bits per heavy atom. The van der Waals surface area contributed by atoms with Gasteiger partial charge in [-0.1, -0.05) is 0 Å². The van der Waals surface area contributed by atoms with Gasteiger partial charge in [0.05, 0.1) is 12.5 Å². The maximum Gasteiger partial charge on any atom is 0.176 e. The van der Waals surface area contributed by atoms with Crippen LogP contribution in [0.4, 0.5) is 0 Å². The SMILES string of the molecule is CC(C)n1ncc2[nH]cnc21. The number of rotatable bonds is 1. The maximum atomic E-state index is 4.18. The van der Waals surface area contributed by atoms with Crippen LogP contribution < -0.4 is 0 Å². The zero-order chi connectivity index (χ0) is 7.84. The number of aromatic nitrogens is 4. The van der Waals surface area contributed by atoms with Crippen molar-refractivity contribution in [2.45, 2.75) is 19.9 Å². The van der Waals surface area contributed by atoms with Gasteiger partial charge in [0, 0.05) is 6.04 Å². The Hall–Kier alpha value is -1.32.